The molecule has 0 aromatic carbocycles. The molecule has 0 unspecified atom stereocenters. The molecule has 0 aromatic rings. The summed E-state index contributed by atoms with van der Waals surface area (Å²) < 4.78 is 26.4. The fourth-order valence-electron chi connectivity index (χ4n) is 3.31. The van der Waals surface area contributed by atoms with Gasteiger partial charge in [-0.1, -0.05) is 0 Å². The van der Waals surface area contributed by atoms with E-state index in [9.17, 15) is 0 Å². The molecule has 0 rings (SSSR count). The van der Waals surface area contributed by atoms with Gasteiger partial charge in [0, 0.05) is 0 Å². The maximum atomic E-state index is 7.15. The van der Waals surface area contributed by atoms with Crippen molar-refractivity contribution in [2.75, 3.05) is 0 Å². The number of rotatable bonds is 17. The molecule has 0 atom stereocenters. The van der Waals surface area contributed by atoms with Crippen LogP contribution < -0.4 is 0 Å². The molecule has 164 valence electrons. The van der Waals surface area contributed by atoms with Crippen LogP contribution in [0.1, 0.15) is 101 Å². The molecule has 0 bridgehead atoms. The van der Waals surface area contributed by atoms with Gasteiger partial charge in [0.2, 0.25) is 0 Å². The van der Waals surface area contributed by atoms with Gasteiger partial charge in [-0.2, -0.15) is 0 Å². The van der Waals surface area contributed by atoms with Crippen molar-refractivity contribution < 1.29 is 33.0 Å². The molecule has 6 heteroatoms. The summed E-state index contributed by atoms with van der Waals surface area (Å²) >= 11 is -4.14. The van der Waals surface area contributed by atoms with Gasteiger partial charge >= 0.3 is 179 Å². The first-order valence-corrected chi connectivity index (χ1v) is 17.9. The van der Waals surface area contributed by atoms with E-state index in [0.717, 1.165) is 0 Å². The summed E-state index contributed by atoms with van der Waals surface area (Å²) in [4.78, 5) is 0. The number of unbranched alkanes of at least 4 members (excludes halogenated alkanes) is 3. The molecule has 0 N–H and O–H groups in total. The molecule has 0 saturated heterocycles. The SMILES string of the molecule is CCCC[Si](CCCC)(CCCC)[O][Zr]([O]C(C)C)([O]C(C)C)[O]C(C)C. The Kier molecular flexibility index (Phi) is 15.4. The topological polar surface area (TPSA) is 36.9 Å². The second kappa shape index (κ2) is 14.8. The van der Waals surface area contributed by atoms with E-state index in [1.807, 2.05) is 0 Å². The zero-order valence-corrected chi connectivity index (χ0v) is 23.2. The minimum absolute atomic E-state index is 0.0496. The van der Waals surface area contributed by atoms with Crippen LogP contribution in [0.5, 0.6) is 0 Å². The third-order valence-corrected chi connectivity index (χ3v) is 19.6. The van der Waals surface area contributed by atoms with Crippen molar-refractivity contribution in [2.45, 2.75) is 137 Å². The maximum absolute atomic E-state index is 7.15. The fraction of sp³-hybridized carbons (Fsp3) is 1.00. The van der Waals surface area contributed by atoms with Crippen LogP contribution in [0.15, 0.2) is 0 Å². The summed E-state index contributed by atoms with van der Waals surface area (Å²) in [6, 6.07) is 3.60. The van der Waals surface area contributed by atoms with Crippen LogP contribution in [-0.4, -0.2) is 26.6 Å². The van der Waals surface area contributed by atoms with Crippen molar-refractivity contribution in [2.24, 2.45) is 0 Å². The normalized spacial score (nSPS) is 13.3. The van der Waals surface area contributed by atoms with Crippen LogP contribution in [0, 0.1) is 0 Å². The molecule has 0 radical (unpaired) electrons. The Bertz CT molecular complexity index is 316. The minimum atomic E-state index is -4.14. The molecular weight excluding hydrogens is 436 g/mol. The first-order valence-electron chi connectivity index (χ1n) is 11.4. The Balaban J connectivity index is 5.90. The third-order valence-electron chi connectivity index (χ3n) is 4.44. The summed E-state index contributed by atoms with van der Waals surface area (Å²) in [5.74, 6) is 0. The second-order valence-corrected chi connectivity index (χ2v) is 18.4. The van der Waals surface area contributed by atoms with Gasteiger partial charge in [-0.3, -0.25) is 0 Å². The fourth-order valence-corrected chi connectivity index (χ4v) is 19.9. The van der Waals surface area contributed by atoms with E-state index in [1.54, 1.807) is 0 Å². The van der Waals surface area contributed by atoms with Crippen molar-refractivity contribution in [3.63, 3.8) is 0 Å². The van der Waals surface area contributed by atoms with Gasteiger partial charge < -0.3 is 0 Å². The van der Waals surface area contributed by atoms with Gasteiger partial charge in [-0.15, -0.1) is 0 Å². The monoisotopic (exact) mass is 482 g/mol. The number of hydrogen-bond donors (Lipinski definition) is 0. The standard InChI is InChI=1S/C12H27OSi.3C3H7O.Zr/c1-4-7-10-14(13,11-8-5-2)12-9-6-3;3*1-3(2)4;/h4-12H2,1-3H3;3*3H,1-2H3;/q4*-1;+4. The molecule has 0 heterocycles. The van der Waals surface area contributed by atoms with Crippen LogP contribution in [0.2, 0.25) is 18.1 Å². The van der Waals surface area contributed by atoms with Gasteiger partial charge in [-0.05, 0) is 0 Å². The van der Waals surface area contributed by atoms with Crippen molar-refractivity contribution in [1.82, 2.24) is 0 Å². The second-order valence-electron chi connectivity index (χ2n) is 8.60. The van der Waals surface area contributed by atoms with E-state index in [-0.39, 0.29) is 18.3 Å². The predicted molar refractivity (Wildman–Crippen MR) is 115 cm³/mol. The summed E-state index contributed by atoms with van der Waals surface area (Å²) in [5, 5.41) is 0. The quantitative estimate of drug-likeness (QED) is 0.201. The van der Waals surface area contributed by atoms with Crippen LogP contribution in [-0.2, 0) is 33.0 Å². The molecule has 0 saturated carbocycles. The van der Waals surface area contributed by atoms with Crippen molar-refractivity contribution in [1.29, 1.82) is 0 Å². The molecule has 0 fully saturated rings. The van der Waals surface area contributed by atoms with E-state index >= 15 is 0 Å². The Morgan fingerprint density at radius 1 is 0.593 bits per heavy atom. The van der Waals surface area contributed by atoms with Gasteiger partial charge in [0.05, 0.1) is 0 Å². The van der Waals surface area contributed by atoms with E-state index in [4.69, 9.17) is 10.9 Å². The molecule has 0 aromatic heterocycles. The van der Waals surface area contributed by atoms with Crippen LogP contribution in [0.3, 0.4) is 0 Å². The molecule has 0 aliphatic heterocycles. The van der Waals surface area contributed by atoms with E-state index < -0.39 is 30.3 Å². The van der Waals surface area contributed by atoms with Gasteiger partial charge in [0.15, 0.2) is 0 Å². The molecular formula is C21H48O4SiZr. The Hall–Kier alpha value is 0.940. The van der Waals surface area contributed by atoms with E-state index in [0.29, 0.717) is 0 Å². The zero-order chi connectivity index (χ0) is 20.9. The van der Waals surface area contributed by atoms with Gasteiger partial charge in [0.25, 0.3) is 0 Å². The van der Waals surface area contributed by atoms with E-state index in [2.05, 4.69) is 62.3 Å². The third kappa shape index (κ3) is 12.3. The molecule has 4 nitrogen and oxygen atoms in total. The molecule has 0 aliphatic carbocycles. The van der Waals surface area contributed by atoms with Crippen LogP contribution in [0.25, 0.3) is 0 Å². The average molecular weight is 484 g/mol. The average Bonchev–Trinajstić information content (AvgIpc) is 2.54. The first-order chi connectivity index (χ1) is 12.6. The Morgan fingerprint density at radius 2 is 0.889 bits per heavy atom. The summed E-state index contributed by atoms with van der Waals surface area (Å²) in [6.45, 7) is 19.2. The molecule has 0 aliphatic rings. The summed E-state index contributed by atoms with van der Waals surface area (Å²) in [7, 11) is -1.98. The molecule has 27 heavy (non-hydrogen) atoms. The summed E-state index contributed by atoms with van der Waals surface area (Å²) in [5.41, 5.74) is 0. The zero-order valence-electron chi connectivity index (χ0n) is 19.7. The van der Waals surface area contributed by atoms with Crippen LogP contribution in [0.4, 0.5) is 0 Å². The van der Waals surface area contributed by atoms with Crippen molar-refractivity contribution in [3.8, 4) is 0 Å². The Labute approximate surface area is 178 Å². The van der Waals surface area contributed by atoms with Gasteiger partial charge in [-0.25, -0.2) is 0 Å². The predicted octanol–water partition coefficient (Wildman–Crippen LogP) is 7.44. The van der Waals surface area contributed by atoms with Crippen molar-refractivity contribution >= 4 is 8.32 Å². The van der Waals surface area contributed by atoms with E-state index in [1.165, 1.54) is 56.7 Å². The molecule has 0 spiro atoms. The number of hydrogen-bond acceptors (Lipinski definition) is 4. The first kappa shape index (κ1) is 27.9. The van der Waals surface area contributed by atoms with Gasteiger partial charge in [0.1, 0.15) is 0 Å². The summed E-state index contributed by atoms with van der Waals surface area (Å²) in [6.07, 6.45) is 7.46. The van der Waals surface area contributed by atoms with Crippen LogP contribution >= 0.6 is 0 Å². The van der Waals surface area contributed by atoms with Crippen molar-refractivity contribution in [3.05, 3.63) is 0 Å². The molecule has 0 amide bonds. The Morgan fingerprint density at radius 3 is 1.11 bits per heavy atom.